The standard InChI is InChI=1S/C18H22F3NO3/c1-16(2,3)25-15(23)22-10-14(17(11-22)8-9-17)24-13-7-5-4-6-12(13)18(19,20)21/h4-7,14H,8-11H2,1-3H3/t14-/m1/s1. The predicted octanol–water partition coefficient (Wildman–Crippen LogP) is 4.48. The largest absolute Gasteiger partial charge is 0.487 e. The lowest BCUT2D eigenvalue weighted by molar-refractivity contribution is -0.139. The van der Waals surface area contributed by atoms with Crippen molar-refractivity contribution in [2.75, 3.05) is 13.1 Å². The van der Waals surface area contributed by atoms with E-state index in [2.05, 4.69) is 0 Å². The average Bonchev–Trinajstić information content (AvgIpc) is 3.14. The van der Waals surface area contributed by atoms with Crippen molar-refractivity contribution >= 4 is 6.09 Å². The van der Waals surface area contributed by atoms with Crippen molar-refractivity contribution < 1.29 is 27.4 Å². The Kier molecular flexibility index (Phi) is 4.16. The molecule has 4 nitrogen and oxygen atoms in total. The molecular weight excluding hydrogens is 335 g/mol. The van der Waals surface area contributed by atoms with E-state index in [0.717, 1.165) is 18.9 Å². The molecule has 0 radical (unpaired) electrons. The Labute approximate surface area is 144 Å². The van der Waals surface area contributed by atoms with Crippen molar-refractivity contribution in [1.29, 1.82) is 0 Å². The monoisotopic (exact) mass is 357 g/mol. The molecule has 0 unspecified atom stereocenters. The van der Waals surface area contributed by atoms with Gasteiger partial charge >= 0.3 is 12.3 Å². The number of hydrogen-bond donors (Lipinski definition) is 0. The smallest absolute Gasteiger partial charge is 0.419 e. The van der Waals surface area contributed by atoms with Crippen molar-refractivity contribution in [3.63, 3.8) is 0 Å². The van der Waals surface area contributed by atoms with Gasteiger partial charge in [-0.05, 0) is 45.7 Å². The van der Waals surface area contributed by atoms with Crippen LogP contribution in [-0.4, -0.2) is 35.8 Å². The lowest BCUT2D eigenvalue weighted by atomic mass is 10.0. The molecule has 1 aliphatic heterocycles. The van der Waals surface area contributed by atoms with Crippen LogP contribution >= 0.6 is 0 Å². The van der Waals surface area contributed by atoms with Gasteiger partial charge in [0.2, 0.25) is 0 Å². The Morgan fingerprint density at radius 1 is 1.20 bits per heavy atom. The van der Waals surface area contributed by atoms with Crippen LogP contribution in [0.15, 0.2) is 24.3 Å². The Bertz CT molecular complexity index is 662. The molecule has 1 aliphatic carbocycles. The third-order valence-corrected chi connectivity index (χ3v) is 4.58. The van der Waals surface area contributed by atoms with Crippen LogP contribution < -0.4 is 4.74 Å². The van der Waals surface area contributed by atoms with E-state index in [0.29, 0.717) is 6.54 Å². The minimum Gasteiger partial charge on any atom is -0.487 e. The van der Waals surface area contributed by atoms with Gasteiger partial charge in [0.25, 0.3) is 0 Å². The van der Waals surface area contributed by atoms with Gasteiger partial charge in [-0.2, -0.15) is 13.2 Å². The summed E-state index contributed by atoms with van der Waals surface area (Å²) in [4.78, 5) is 13.8. The van der Waals surface area contributed by atoms with Gasteiger partial charge in [-0.15, -0.1) is 0 Å². The number of hydrogen-bond acceptors (Lipinski definition) is 3. The van der Waals surface area contributed by atoms with Crippen molar-refractivity contribution in [3.05, 3.63) is 29.8 Å². The van der Waals surface area contributed by atoms with Crippen molar-refractivity contribution in [1.82, 2.24) is 4.90 Å². The molecule has 2 aliphatic rings. The van der Waals surface area contributed by atoms with Gasteiger partial charge in [-0.3, -0.25) is 0 Å². The SMILES string of the molecule is CC(C)(C)OC(=O)N1C[C@@H](Oc2ccccc2C(F)(F)F)C2(CC2)C1. The topological polar surface area (TPSA) is 38.8 Å². The number of rotatable bonds is 2. The number of carbonyl (C=O) groups is 1. The number of likely N-dealkylation sites (tertiary alicyclic amines) is 1. The molecule has 0 bridgehead atoms. The van der Waals surface area contributed by atoms with Crippen LogP contribution in [0, 0.1) is 5.41 Å². The first-order chi connectivity index (χ1) is 11.5. The van der Waals surface area contributed by atoms with Gasteiger partial charge in [0.15, 0.2) is 0 Å². The molecular formula is C18H22F3NO3. The van der Waals surface area contributed by atoms with Crippen LogP contribution in [0.1, 0.15) is 39.2 Å². The van der Waals surface area contributed by atoms with E-state index in [9.17, 15) is 18.0 Å². The van der Waals surface area contributed by atoms with E-state index in [1.807, 2.05) is 0 Å². The Morgan fingerprint density at radius 2 is 1.84 bits per heavy atom. The quantitative estimate of drug-likeness (QED) is 0.783. The molecule has 1 amide bonds. The fourth-order valence-corrected chi connectivity index (χ4v) is 3.17. The third-order valence-electron chi connectivity index (χ3n) is 4.58. The molecule has 1 heterocycles. The molecule has 25 heavy (non-hydrogen) atoms. The third kappa shape index (κ3) is 3.85. The number of para-hydroxylation sites is 1. The van der Waals surface area contributed by atoms with Crippen LogP contribution in [0.25, 0.3) is 0 Å². The highest BCUT2D eigenvalue weighted by atomic mass is 19.4. The lowest BCUT2D eigenvalue weighted by Gasteiger charge is -2.24. The molecule has 1 atom stereocenters. The van der Waals surface area contributed by atoms with Crippen LogP contribution in [0.3, 0.4) is 0 Å². The van der Waals surface area contributed by atoms with Gasteiger partial charge in [-0.1, -0.05) is 12.1 Å². The molecule has 0 aromatic heterocycles. The summed E-state index contributed by atoms with van der Waals surface area (Å²) in [5.74, 6) is -0.183. The average molecular weight is 357 g/mol. The number of carbonyl (C=O) groups excluding carboxylic acids is 1. The number of alkyl halides is 3. The minimum absolute atomic E-state index is 0.183. The molecule has 2 fully saturated rings. The van der Waals surface area contributed by atoms with Crippen LogP contribution in [0.2, 0.25) is 0 Å². The van der Waals surface area contributed by atoms with E-state index in [4.69, 9.17) is 9.47 Å². The summed E-state index contributed by atoms with van der Waals surface area (Å²) in [6, 6.07) is 5.19. The first kappa shape index (κ1) is 17.9. The van der Waals surface area contributed by atoms with Gasteiger partial charge in [0, 0.05) is 12.0 Å². The maximum absolute atomic E-state index is 13.2. The van der Waals surface area contributed by atoms with E-state index in [1.165, 1.54) is 18.2 Å². The molecule has 7 heteroatoms. The number of halogens is 3. The van der Waals surface area contributed by atoms with Crippen LogP contribution in [-0.2, 0) is 10.9 Å². The second-order valence-corrected chi connectivity index (χ2v) is 7.82. The summed E-state index contributed by atoms with van der Waals surface area (Å²) in [6.07, 6.45) is -3.70. The number of ether oxygens (including phenoxy) is 2. The summed E-state index contributed by atoms with van der Waals surface area (Å²) in [7, 11) is 0. The van der Waals surface area contributed by atoms with E-state index in [-0.39, 0.29) is 17.7 Å². The zero-order chi connectivity index (χ0) is 18.5. The van der Waals surface area contributed by atoms with E-state index in [1.54, 1.807) is 25.7 Å². The Hall–Kier alpha value is -1.92. The Balaban J connectivity index is 1.75. The summed E-state index contributed by atoms with van der Waals surface area (Å²) >= 11 is 0. The second kappa shape index (κ2) is 5.81. The Morgan fingerprint density at radius 3 is 2.40 bits per heavy atom. The first-order valence-corrected chi connectivity index (χ1v) is 8.31. The number of benzene rings is 1. The van der Waals surface area contributed by atoms with E-state index >= 15 is 0 Å². The fraction of sp³-hybridized carbons (Fsp3) is 0.611. The fourth-order valence-electron chi connectivity index (χ4n) is 3.17. The number of amides is 1. The van der Waals surface area contributed by atoms with Crippen LogP contribution in [0.4, 0.5) is 18.0 Å². The molecule has 3 rings (SSSR count). The van der Waals surface area contributed by atoms with Gasteiger partial charge in [0.05, 0.1) is 12.1 Å². The zero-order valence-corrected chi connectivity index (χ0v) is 14.5. The molecule has 138 valence electrons. The first-order valence-electron chi connectivity index (χ1n) is 8.31. The maximum Gasteiger partial charge on any atom is 0.419 e. The minimum atomic E-state index is -4.48. The summed E-state index contributed by atoms with van der Waals surface area (Å²) in [5.41, 5.74) is -1.66. The van der Waals surface area contributed by atoms with E-state index < -0.39 is 29.5 Å². The maximum atomic E-state index is 13.2. The van der Waals surface area contributed by atoms with Crippen molar-refractivity contribution in [2.24, 2.45) is 5.41 Å². The summed E-state index contributed by atoms with van der Waals surface area (Å²) < 4.78 is 50.6. The van der Waals surface area contributed by atoms with Gasteiger partial charge in [0.1, 0.15) is 17.5 Å². The van der Waals surface area contributed by atoms with Crippen molar-refractivity contribution in [2.45, 2.75) is 51.5 Å². The molecule has 1 saturated heterocycles. The summed E-state index contributed by atoms with van der Waals surface area (Å²) in [6.45, 7) is 6.03. The summed E-state index contributed by atoms with van der Waals surface area (Å²) in [5, 5.41) is 0. The second-order valence-electron chi connectivity index (χ2n) is 7.82. The molecule has 1 spiro atoms. The normalized spacial score (nSPS) is 22.2. The van der Waals surface area contributed by atoms with Crippen molar-refractivity contribution in [3.8, 4) is 5.75 Å². The molecule has 0 N–H and O–H groups in total. The lowest BCUT2D eigenvalue weighted by Crippen LogP contribution is -2.36. The molecule has 1 saturated carbocycles. The van der Waals surface area contributed by atoms with Gasteiger partial charge < -0.3 is 14.4 Å². The van der Waals surface area contributed by atoms with Crippen LogP contribution in [0.5, 0.6) is 5.75 Å². The van der Waals surface area contributed by atoms with Gasteiger partial charge in [-0.25, -0.2) is 4.79 Å². The zero-order valence-electron chi connectivity index (χ0n) is 14.5. The predicted molar refractivity (Wildman–Crippen MR) is 85.3 cm³/mol. The molecule has 1 aromatic carbocycles. The highest BCUT2D eigenvalue weighted by Crippen LogP contribution is 2.54. The molecule has 1 aromatic rings. The number of nitrogens with zero attached hydrogens (tertiary/aromatic N) is 1. The highest BCUT2D eigenvalue weighted by Gasteiger charge is 2.58. The highest BCUT2D eigenvalue weighted by molar-refractivity contribution is 5.69.